The predicted molar refractivity (Wildman–Crippen MR) is 153 cm³/mol. The van der Waals surface area contributed by atoms with Crippen LogP contribution >= 0.6 is 11.6 Å². The summed E-state index contributed by atoms with van der Waals surface area (Å²) in [6.07, 6.45) is 0.590. The molecule has 0 saturated carbocycles. The van der Waals surface area contributed by atoms with Crippen LogP contribution in [-0.4, -0.2) is 57.1 Å². The van der Waals surface area contributed by atoms with Crippen molar-refractivity contribution in [3.8, 4) is 0 Å². The van der Waals surface area contributed by atoms with E-state index in [2.05, 4.69) is 16.9 Å². The van der Waals surface area contributed by atoms with Crippen LogP contribution in [0.5, 0.6) is 0 Å². The molecule has 4 rings (SSSR count). The Morgan fingerprint density at radius 1 is 1.03 bits per heavy atom. The highest BCUT2D eigenvalue weighted by Crippen LogP contribution is 2.35. The molecule has 0 aliphatic heterocycles. The van der Waals surface area contributed by atoms with E-state index in [1.165, 1.54) is 4.52 Å². The van der Waals surface area contributed by atoms with Gasteiger partial charge in [0, 0.05) is 18.7 Å². The smallest absolute Gasteiger partial charge is 0.326 e. The van der Waals surface area contributed by atoms with E-state index in [-0.39, 0.29) is 11.6 Å². The molecule has 0 aliphatic rings. The van der Waals surface area contributed by atoms with Crippen LogP contribution in [0.3, 0.4) is 0 Å². The summed E-state index contributed by atoms with van der Waals surface area (Å²) < 4.78 is 3.10. The Balaban J connectivity index is 1.96. The van der Waals surface area contributed by atoms with Gasteiger partial charge in [-0.1, -0.05) is 66.6 Å². The molecule has 8 heteroatoms. The van der Waals surface area contributed by atoms with Crippen LogP contribution in [0.2, 0.25) is 5.02 Å². The number of benzene rings is 2. The van der Waals surface area contributed by atoms with Crippen molar-refractivity contribution in [1.82, 2.24) is 24.0 Å². The maximum Gasteiger partial charge on any atom is 0.349 e. The lowest BCUT2D eigenvalue weighted by Crippen LogP contribution is -2.52. The van der Waals surface area contributed by atoms with E-state index in [9.17, 15) is 9.59 Å². The number of nitrogens with zero attached hydrogens (tertiary/aromatic N) is 5. The van der Waals surface area contributed by atoms with Crippen molar-refractivity contribution in [2.45, 2.75) is 46.2 Å². The van der Waals surface area contributed by atoms with Crippen molar-refractivity contribution < 1.29 is 4.79 Å². The molecule has 1 amide bonds. The Morgan fingerprint density at radius 3 is 2.29 bits per heavy atom. The largest absolute Gasteiger partial charge is 0.349 e. The molecule has 4 aromatic rings. The number of halogens is 1. The number of carbonyl (C=O) groups is 1. The van der Waals surface area contributed by atoms with Crippen molar-refractivity contribution in [3.05, 3.63) is 104 Å². The zero-order valence-electron chi connectivity index (χ0n) is 23.0. The number of likely N-dealkylation sites (N-methyl/N-ethyl adjacent to an activating group) is 1. The van der Waals surface area contributed by atoms with Gasteiger partial charge in [0.25, 0.3) is 5.91 Å². The third-order valence-electron chi connectivity index (χ3n) is 7.33. The van der Waals surface area contributed by atoms with E-state index in [0.29, 0.717) is 47.9 Å². The first kappa shape index (κ1) is 27.6. The molecule has 0 aliphatic carbocycles. The van der Waals surface area contributed by atoms with Gasteiger partial charge in [-0.25, -0.2) is 4.79 Å². The number of rotatable bonds is 9. The third-order valence-corrected chi connectivity index (χ3v) is 7.80. The summed E-state index contributed by atoms with van der Waals surface area (Å²) in [5.41, 5.74) is 3.45. The van der Waals surface area contributed by atoms with Crippen LogP contribution in [0.1, 0.15) is 53.1 Å². The number of amides is 1. The second-order valence-electron chi connectivity index (χ2n) is 10.3. The zero-order chi connectivity index (χ0) is 27.6. The maximum atomic E-state index is 14.1. The van der Waals surface area contributed by atoms with Crippen LogP contribution in [0.25, 0.3) is 5.52 Å². The van der Waals surface area contributed by atoms with Gasteiger partial charge < -0.3 is 9.80 Å². The van der Waals surface area contributed by atoms with Crippen molar-refractivity contribution in [1.29, 1.82) is 0 Å². The molecule has 200 valence electrons. The summed E-state index contributed by atoms with van der Waals surface area (Å²) in [7, 11) is 3.98. The van der Waals surface area contributed by atoms with Gasteiger partial charge in [-0.2, -0.15) is 9.61 Å². The fourth-order valence-corrected chi connectivity index (χ4v) is 4.99. The van der Waals surface area contributed by atoms with E-state index < -0.39 is 5.54 Å². The predicted octanol–water partition coefficient (Wildman–Crippen LogP) is 5.14. The maximum absolute atomic E-state index is 14.1. The molecule has 0 bridgehead atoms. The van der Waals surface area contributed by atoms with Crippen molar-refractivity contribution in [2.75, 3.05) is 27.2 Å². The van der Waals surface area contributed by atoms with E-state index in [1.807, 2.05) is 93.5 Å². The SMILES string of the molecule is CCC(C)(c1cc2c(Cl)c(C)nn2c(=O)n1Cc1ccccc1)N(CCN(C)C)C(=O)c1ccc(C)cc1. The van der Waals surface area contributed by atoms with Gasteiger partial charge in [0.15, 0.2) is 0 Å². The van der Waals surface area contributed by atoms with Crippen molar-refractivity contribution >= 4 is 23.0 Å². The van der Waals surface area contributed by atoms with Crippen molar-refractivity contribution in [3.63, 3.8) is 0 Å². The second kappa shape index (κ2) is 11.1. The van der Waals surface area contributed by atoms with Gasteiger partial charge >= 0.3 is 5.69 Å². The van der Waals surface area contributed by atoms with Gasteiger partial charge in [0.1, 0.15) is 0 Å². The van der Waals surface area contributed by atoms with Crippen LogP contribution in [0, 0.1) is 13.8 Å². The second-order valence-corrected chi connectivity index (χ2v) is 10.7. The molecule has 0 radical (unpaired) electrons. The number of hydrogen-bond donors (Lipinski definition) is 0. The molecule has 2 heterocycles. The first-order valence-corrected chi connectivity index (χ1v) is 13.3. The van der Waals surface area contributed by atoms with Crippen LogP contribution in [-0.2, 0) is 12.1 Å². The summed E-state index contributed by atoms with van der Waals surface area (Å²) in [5.74, 6) is -0.0782. The molecule has 38 heavy (non-hydrogen) atoms. The fourth-order valence-electron chi connectivity index (χ4n) is 4.82. The molecular weight excluding hydrogens is 498 g/mol. The highest BCUT2D eigenvalue weighted by atomic mass is 35.5. The molecule has 0 fully saturated rings. The van der Waals surface area contributed by atoms with E-state index >= 15 is 0 Å². The Hall–Kier alpha value is -3.42. The molecule has 2 aromatic heterocycles. The number of fused-ring (bicyclic) bond motifs is 1. The Labute approximate surface area is 229 Å². The lowest BCUT2D eigenvalue weighted by atomic mass is 9.89. The van der Waals surface area contributed by atoms with Gasteiger partial charge in [-0.3, -0.25) is 9.36 Å². The summed E-state index contributed by atoms with van der Waals surface area (Å²) in [5, 5.41) is 4.87. The Morgan fingerprint density at radius 2 is 1.68 bits per heavy atom. The van der Waals surface area contributed by atoms with Crippen molar-refractivity contribution in [2.24, 2.45) is 0 Å². The molecule has 0 N–H and O–H groups in total. The van der Waals surface area contributed by atoms with E-state index in [0.717, 1.165) is 16.8 Å². The molecular formula is C30H36ClN5O2. The minimum atomic E-state index is -0.810. The number of aryl methyl sites for hydroxylation is 2. The van der Waals surface area contributed by atoms with Crippen LogP contribution in [0.4, 0.5) is 0 Å². The van der Waals surface area contributed by atoms with Crippen LogP contribution < -0.4 is 5.69 Å². The minimum Gasteiger partial charge on any atom is -0.326 e. The van der Waals surface area contributed by atoms with Gasteiger partial charge in [-0.05, 0) is 65.0 Å². The fraction of sp³-hybridized carbons (Fsp3) is 0.367. The van der Waals surface area contributed by atoms with Gasteiger partial charge in [0.05, 0.1) is 34.0 Å². The number of aromatic nitrogens is 3. The molecule has 0 spiro atoms. The lowest BCUT2D eigenvalue weighted by molar-refractivity contribution is 0.0442. The average Bonchev–Trinajstić information content (AvgIpc) is 3.19. The lowest BCUT2D eigenvalue weighted by Gasteiger charge is -2.43. The summed E-state index contributed by atoms with van der Waals surface area (Å²) in [6.45, 7) is 9.39. The zero-order valence-corrected chi connectivity index (χ0v) is 23.8. The van der Waals surface area contributed by atoms with Gasteiger partial charge in [0.2, 0.25) is 0 Å². The highest BCUT2D eigenvalue weighted by molar-refractivity contribution is 6.34. The first-order chi connectivity index (χ1) is 18.1. The Kier molecular flexibility index (Phi) is 8.09. The van der Waals surface area contributed by atoms with E-state index in [4.69, 9.17) is 11.6 Å². The number of hydrogen-bond acceptors (Lipinski definition) is 4. The summed E-state index contributed by atoms with van der Waals surface area (Å²) in [6, 6.07) is 19.4. The quantitative estimate of drug-likeness (QED) is 0.299. The topological polar surface area (TPSA) is 62.9 Å². The normalized spacial score (nSPS) is 13.2. The summed E-state index contributed by atoms with van der Waals surface area (Å²) in [4.78, 5) is 32.0. The Bertz CT molecular complexity index is 1490. The molecule has 1 atom stereocenters. The average molecular weight is 534 g/mol. The first-order valence-electron chi connectivity index (χ1n) is 12.9. The number of carbonyl (C=O) groups excluding carboxylic acids is 1. The molecule has 2 aromatic carbocycles. The molecule has 0 saturated heterocycles. The molecule has 7 nitrogen and oxygen atoms in total. The monoisotopic (exact) mass is 533 g/mol. The highest BCUT2D eigenvalue weighted by Gasteiger charge is 2.39. The van der Waals surface area contributed by atoms with Crippen LogP contribution in [0.15, 0.2) is 65.5 Å². The van der Waals surface area contributed by atoms with Gasteiger partial charge in [-0.15, -0.1) is 0 Å². The third kappa shape index (κ3) is 5.26. The minimum absolute atomic E-state index is 0.0782. The van der Waals surface area contributed by atoms with E-state index in [1.54, 1.807) is 11.5 Å². The molecule has 1 unspecified atom stereocenters. The summed E-state index contributed by atoms with van der Waals surface area (Å²) >= 11 is 6.63. The standard InChI is InChI=1S/C30H36ClN5O2/c1-7-30(4,35(18-17-33(5)6)28(37)24-15-13-21(2)14-16-24)26-19-25-27(31)22(3)32-36(25)29(38)34(26)20-23-11-9-8-10-12-23/h8-16,19H,7,17-18,20H2,1-6H3.